The van der Waals surface area contributed by atoms with Gasteiger partial charge >= 0.3 is 5.97 Å². The molecular formula is C27H21BrN2O5S. The van der Waals surface area contributed by atoms with Gasteiger partial charge in [-0.3, -0.25) is 19.3 Å². The number of carbonyl (C=O) groups excluding carboxylic acids is 4. The first-order valence-electron chi connectivity index (χ1n) is 10.9. The molecule has 36 heavy (non-hydrogen) atoms. The van der Waals surface area contributed by atoms with Crippen LogP contribution in [0.3, 0.4) is 0 Å². The number of hydrogen-bond donors (Lipinski definition) is 1. The van der Waals surface area contributed by atoms with E-state index in [0.29, 0.717) is 16.2 Å². The van der Waals surface area contributed by atoms with Gasteiger partial charge in [-0.15, -0.1) is 0 Å². The lowest BCUT2D eigenvalue weighted by Gasteiger charge is -2.12. The van der Waals surface area contributed by atoms with Crippen LogP contribution in [-0.4, -0.2) is 34.5 Å². The molecule has 0 radical (unpaired) electrons. The summed E-state index contributed by atoms with van der Waals surface area (Å²) in [4.78, 5) is 51.0. The van der Waals surface area contributed by atoms with Gasteiger partial charge in [0.1, 0.15) is 0 Å². The molecule has 1 fully saturated rings. The molecule has 0 aliphatic carbocycles. The van der Waals surface area contributed by atoms with Crippen LogP contribution in [0, 0.1) is 6.92 Å². The number of amides is 3. The fourth-order valence-electron chi connectivity index (χ4n) is 3.37. The molecule has 0 aromatic heterocycles. The lowest BCUT2D eigenvalue weighted by atomic mass is 10.1. The number of aryl methyl sites for hydroxylation is 1. The van der Waals surface area contributed by atoms with E-state index in [2.05, 4.69) is 21.2 Å². The van der Waals surface area contributed by atoms with Crippen molar-refractivity contribution in [2.24, 2.45) is 0 Å². The molecule has 3 amide bonds. The number of thioether (sulfide) groups is 1. The fraction of sp³-hybridized carbons (Fsp3) is 0.111. The van der Waals surface area contributed by atoms with Crippen LogP contribution in [0.2, 0.25) is 0 Å². The van der Waals surface area contributed by atoms with E-state index < -0.39 is 18.5 Å². The predicted molar refractivity (Wildman–Crippen MR) is 142 cm³/mol. The minimum absolute atomic E-state index is 0.184. The number of rotatable bonds is 7. The summed E-state index contributed by atoms with van der Waals surface area (Å²) in [6, 6.07) is 21.1. The van der Waals surface area contributed by atoms with Gasteiger partial charge in [0.2, 0.25) is 0 Å². The molecule has 1 saturated heterocycles. The smallest absolute Gasteiger partial charge is 0.338 e. The minimum Gasteiger partial charge on any atom is -0.452 e. The van der Waals surface area contributed by atoms with Crippen LogP contribution in [0.5, 0.6) is 0 Å². The first-order chi connectivity index (χ1) is 17.3. The van der Waals surface area contributed by atoms with Crippen molar-refractivity contribution in [3.05, 3.63) is 104 Å². The predicted octanol–water partition coefficient (Wildman–Crippen LogP) is 5.79. The van der Waals surface area contributed by atoms with Crippen molar-refractivity contribution in [2.45, 2.75) is 13.5 Å². The lowest BCUT2D eigenvalue weighted by Crippen LogP contribution is -2.27. The molecule has 3 aromatic carbocycles. The number of nitrogens with one attached hydrogen (secondary N) is 1. The van der Waals surface area contributed by atoms with Gasteiger partial charge in [0.15, 0.2) is 6.61 Å². The van der Waals surface area contributed by atoms with Crippen molar-refractivity contribution in [1.29, 1.82) is 0 Å². The highest BCUT2D eigenvalue weighted by atomic mass is 79.9. The lowest BCUT2D eigenvalue weighted by molar-refractivity contribution is -0.123. The van der Waals surface area contributed by atoms with Gasteiger partial charge in [-0.25, -0.2) is 4.79 Å². The molecule has 0 atom stereocenters. The van der Waals surface area contributed by atoms with Crippen LogP contribution in [-0.2, 0) is 20.9 Å². The van der Waals surface area contributed by atoms with Crippen molar-refractivity contribution in [1.82, 2.24) is 4.90 Å². The van der Waals surface area contributed by atoms with Gasteiger partial charge in [-0.05, 0) is 72.3 Å². The number of hydrogen-bond acceptors (Lipinski definition) is 6. The molecule has 0 unspecified atom stereocenters. The molecule has 9 heteroatoms. The standard InChI is InChI=1S/C27H21BrN2O5S/c1-17-5-11-22(12-6-17)29-24(31)16-35-26(33)20-9-7-18(8-10-20)14-23-25(32)30(27(34)36-23)15-19-3-2-4-21(28)13-19/h2-14H,15-16H2,1H3,(H,29,31)/b23-14-. The zero-order valence-electron chi connectivity index (χ0n) is 19.2. The summed E-state index contributed by atoms with van der Waals surface area (Å²) in [5, 5.41) is 2.32. The maximum Gasteiger partial charge on any atom is 0.338 e. The Morgan fingerprint density at radius 2 is 1.75 bits per heavy atom. The molecular weight excluding hydrogens is 544 g/mol. The van der Waals surface area contributed by atoms with Gasteiger partial charge in [-0.1, -0.05) is 57.9 Å². The number of ether oxygens (including phenoxy) is 1. The highest BCUT2D eigenvalue weighted by Crippen LogP contribution is 2.33. The fourth-order valence-corrected chi connectivity index (χ4v) is 4.65. The van der Waals surface area contributed by atoms with Gasteiger partial charge in [-0.2, -0.15) is 0 Å². The monoisotopic (exact) mass is 564 g/mol. The van der Waals surface area contributed by atoms with E-state index >= 15 is 0 Å². The van der Waals surface area contributed by atoms with Crippen molar-refractivity contribution >= 4 is 62.5 Å². The molecule has 182 valence electrons. The van der Waals surface area contributed by atoms with E-state index in [9.17, 15) is 19.2 Å². The molecule has 1 aliphatic rings. The molecule has 7 nitrogen and oxygen atoms in total. The molecule has 0 spiro atoms. The van der Waals surface area contributed by atoms with E-state index in [1.54, 1.807) is 30.3 Å². The van der Waals surface area contributed by atoms with E-state index in [-0.39, 0.29) is 23.3 Å². The van der Waals surface area contributed by atoms with Crippen LogP contribution in [0.1, 0.15) is 27.0 Å². The number of anilines is 1. The molecule has 0 saturated carbocycles. The quantitative estimate of drug-likeness (QED) is 0.288. The van der Waals surface area contributed by atoms with Crippen LogP contribution < -0.4 is 5.32 Å². The number of esters is 1. The molecule has 1 aliphatic heterocycles. The summed E-state index contributed by atoms with van der Waals surface area (Å²) in [6.07, 6.45) is 1.61. The summed E-state index contributed by atoms with van der Waals surface area (Å²) in [6.45, 7) is 1.71. The van der Waals surface area contributed by atoms with E-state index in [4.69, 9.17) is 4.74 Å². The van der Waals surface area contributed by atoms with E-state index in [1.165, 1.54) is 17.0 Å². The Hall–Kier alpha value is -3.69. The number of nitrogens with zero attached hydrogens (tertiary/aromatic N) is 1. The number of imide groups is 1. The summed E-state index contributed by atoms with van der Waals surface area (Å²) in [5.74, 6) is -1.45. The van der Waals surface area contributed by atoms with Crippen LogP contribution in [0.15, 0.2) is 82.2 Å². The van der Waals surface area contributed by atoms with Gasteiger partial charge in [0.25, 0.3) is 17.1 Å². The normalized spacial score (nSPS) is 14.3. The van der Waals surface area contributed by atoms with Crippen LogP contribution >= 0.6 is 27.7 Å². The van der Waals surface area contributed by atoms with Gasteiger partial charge in [0, 0.05) is 10.2 Å². The van der Waals surface area contributed by atoms with Crippen molar-refractivity contribution < 1.29 is 23.9 Å². The number of halogens is 1. The highest BCUT2D eigenvalue weighted by molar-refractivity contribution is 9.10. The number of benzene rings is 3. The average molecular weight is 565 g/mol. The third kappa shape index (κ3) is 6.50. The maximum absolute atomic E-state index is 12.8. The molecule has 0 bridgehead atoms. The Morgan fingerprint density at radius 1 is 1.03 bits per heavy atom. The van der Waals surface area contributed by atoms with Crippen molar-refractivity contribution in [3.63, 3.8) is 0 Å². The zero-order valence-corrected chi connectivity index (χ0v) is 21.6. The van der Waals surface area contributed by atoms with Crippen LogP contribution in [0.4, 0.5) is 10.5 Å². The summed E-state index contributed by atoms with van der Waals surface area (Å²) < 4.78 is 5.96. The zero-order chi connectivity index (χ0) is 25.7. The Kier molecular flexibility index (Phi) is 8.02. The summed E-state index contributed by atoms with van der Waals surface area (Å²) >= 11 is 4.26. The Bertz CT molecular complexity index is 1350. The summed E-state index contributed by atoms with van der Waals surface area (Å²) in [5.41, 5.74) is 3.43. The molecule has 1 N–H and O–H groups in total. The Balaban J connectivity index is 1.33. The van der Waals surface area contributed by atoms with Crippen LogP contribution in [0.25, 0.3) is 6.08 Å². The largest absolute Gasteiger partial charge is 0.452 e. The average Bonchev–Trinajstić information content (AvgIpc) is 3.12. The van der Waals surface area contributed by atoms with E-state index in [1.807, 2.05) is 43.3 Å². The summed E-state index contributed by atoms with van der Waals surface area (Å²) in [7, 11) is 0. The minimum atomic E-state index is -0.644. The SMILES string of the molecule is Cc1ccc(NC(=O)COC(=O)c2ccc(/C=C3\SC(=O)N(Cc4cccc(Br)c4)C3=O)cc2)cc1. The van der Waals surface area contributed by atoms with E-state index in [0.717, 1.165) is 27.4 Å². The highest BCUT2D eigenvalue weighted by Gasteiger charge is 2.35. The topological polar surface area (TPSA) is 92.8 Å². The maximum atomic E-state index is 12.8. The first kappa shape index (κ1) is 25.4. The van der Waals surface area contributed by atoms with Gasteiger partial charge < -0.3 is 10.1 Å². The Morgan fingerprint density at radius 3 is 2.44 bits per heavy atom. The third-order valence-electron chi connectivity index (χ3n) is 5.22. The number of carbonyl (C=O) groups is 4. The van der Waals surface area contributed by atoms with Crippen molar-refractivity contribution in [2.75, 3.05) is 11.9 Å². The molecule has 1 heterocycles. The second-order valence-corrected chi connectivity index (χ2v) is 9.92. The third-order valence-corrected chi connectivity index (χ3v) is 6.62. The van der Waals surface area contributed by atoms with Gasteiger partial charge in [0.05, 0.1) is 17.0 Å². The second-order valence-electron chi connectivity index (χ2n) is 8.01. The first-order valence-corrected chi connectivity index (χ1v) is 12.5. The molecule has 3 aromatic rings. The molecule has 4 rings (SSSR count). The Labute approximate surface area is 220 Å². The van der Waals surface area contributed by atoms with Crippen molar-refractivity contribution in [3.8, 4) is 0 Å². The second kappa shape index (κ2) is 11.4.